The Morgan fingerprint density at radius 3 is 2.69 bits per heavy atom. The molecule has 3 aromatic carbocycles. The summed E-state index contributed by atoms with van der Waals surface area (Å²) in [6.45, 7) is 6.88. The van der Waals surface area contributed by atoms with Crippen molar-refractivity contribution in [3.63, 3.8) is 0 Å². The van der Waals surface area contributed by atoms with Crippen molar-refractivity contribution < 1.29 is 0 Å². The minimum absolute atomic E-state index is 0.0105. The molecule has 0 amide bonds. The van der Waals surface area contributed by atoms with Crippen LogP contribution < -0.4 is 16.0 Å². The maximum atomic E-state index is 6.75. The van der Waals surface area contributed by atoms with Gasteiger partial charge >= 0.3 is 0 Å². The number of hydrogen-bond acceptors (Lipinski definition) is 4. The lowest BCUT2D eigenvalue weighted by Crippen LogP contribution is -2.41. The normalized spacial score (nSPS) is 15.1. The van der Waals surface area contributed by atoms with Gasteiger partial charge in [-0.05, 0) is 57.6 Å². The quantitative estimate of drug-likeness (QED) is 0.275. The molecule has 5 nitrogen and oxygen atoms in total. The fourth-order valence-corrected chi connectivity index (χ4v) is 5.15. The molecular formula is C29H32ClN5. The first kappa shape index (κ1) is 23.6. The summed E-state index contributed by atoms with van der Waals surface area (Å²) >= 11 is 6.75. The van der Waals surface area contributed by atoms with Crippen LogP contribution in [0.25, 0.3) is 10.9 Å². The van der Waals surface area contributed by atoms with Crippen molar-refractivity contribution >= 4 is 34.0 Å². The van der Waals surface area contributed by atoms with Gasteiger partial charge in [0.1, 0.15) is 12.0 Å². The van der Waals surface area contributed by atoms with E-state index in [1.165, 1.54) is 22.3 Å². The Hall–Kier alpha value is -3.12. The molecule has 6 heteroatoms. The van der Waals surface area contributed by atoms with Crippen LogP contribution >= 0.6 is 11.6 Å². The van der Waals surface area contributed by atoms with E-state index in [-0.39, 0.29) is 6.17 Å². The molecule has 0 saturated carbocycles. The Balaban J connectivity index is 1.57. The summed E-state index contributed by atoms with van der Waals surface area (Å²) in [5.41, 5.74) is 7.98. The molecule has 0 spiro atoms. The molecule has 35 heavy (non-hydrogen) atoms. The molecule has 3 N–H and O–H groups in total. The van der Waals surface area contributed by atoms with Crippen LogP contribution in [0.2, 0.25) is 5.02 Å². The molecule has 1 aromatic heterocycles. The number of aliphatic imine (C=N–C) groups is 1. The molecule has 0 fully saturated rings. The van der Waals surface area contributed by atoms with Gasteiger partial charge in [0.2, 0.25) is 0 Å². The number of aromatic nitrogens is 1. The van der Waals surface area contributed by atoms with Crippen molar-refractivity contribution in [1.29, 1.82) is 0 Å². The number of amidine groups is 1. The zero-order chi connectivity index (χ0) is 24.4. The highest BCUT2D eigenvalue weighted by atomic mass is 35.5. The van der Waals surface area contributed by atoms with Crippen molar-refractivity contribution in [1.82, 2.24) is 20.5 Å². The van der Waals surface area contributed by atoms with Crippen molar-refractivity contribution in [2.24, 2.45) is 4.99 Å². The van der Waals surface area contributed by atoms with Gasteiger partial charge in [0.25, 0.3) is 0 Å². The second kappa shape index (κ2) is 10.2. The summed E-state index contributed by atoms with van der Waals surface area (Å²) in [5.74, 6) is 0.869. The van der Waals surface area contributed by atoms with Gasteiger partial charge in [-0.25, -0.2) is 4.99 Å². The molecule has 0 radical (unpaired) electrons. The Morgan fingerprint density at radius 2 is 1.86 bits per heavy atom. The van der Waals surface area contributed by atoms with Gasteiger partial charge in [-0.15, -0.1) is 0 Å². The van der Waals surface area contributed by atoms with E-state index in [9.17, 15) is 0 Å². The Labute approximate surface area is 212 Å². The molecule has 0 aliphatic carbocycles. The van der Waals surface area contributed by atoms with E-state index in [0.29, 0.717) is 0 Å². The highest BCUT2D eigenvalue weighted by Crippen LogP contribution is 2.35. The van der Waals surface area contributed by atoms with Gasteiger partial charge in [0.05, 0.1) is 16.2 Å². The van der Waals surface area contributed by atoms with E-state index in [1.807, 2.05) is 19.2 Å². The molecule has 5 rings (SSSR count). The Morgan fingerprint density at radius 1 is 1.03 bits per heavy atom. The third-order valence-corrected chi connectivity index (χ3v) is 6.88. The molecule has 2 heterocycles. The lowest BCUT2D eigenvalue weighted by molar-refractivity contribution is 0.490. The van der Waals surface area contributed by atoms with Crippen LogP contribution in [0.1, 0.15) is 40.4 Å². The number of para-hydroxylation sites is 2. The first-order chi connectivity index (χ1) is 17.0. The summed E-state index contributed by atoms with van der Waals surface area (Å²) in [6, 6.07) is 21.1. The summed E-state index contributed by atoms with van der Waals surface area (Å²) in [4.78, 5) is 5.12. The highest BCUT2D eigenvalue weighted by molar-refractivity contribution is 6.35. The summed E-state index contributed by atoms with van der Waals surface area (Å²) in [7, 11) is 1.99. The standard InChI is InChI=1S/C29H32ClN5/c1-19-8-4-10-21(16-19)17-35-18-24(22-11-6-13-25(30)27(22)35)29-33-26-20(2)9-5-12-23(26)28(34-29)32-15-7-14-31-3/h4-6,8-13,16,18,28,31-32H,7,14-15,17H2,1-3H3,(H,33,34). The predicted octanol–water partition coefficient (Wildman–Crippen LogP) is 5.84. The lowest BCUT2D eigenvalue weighted by atomic mass is 10.0. The molecule has 1 atom stereocenters. The van der Waals surface area contributed by atoms with Crippen molar-refractivity contribution in [3.05, 3.63) is 99.7 Å². The molecule has 180 valence electrons. The second-order valence-corrected chi connectivity index (χ2v) is 9.66. The van der Waals surface area contributed by atoms with Crippen LogP contribution in [0, 0.1) is 13.8 Å². The van der Waals surface area contributed by atoms with Gasteiger partial charge in [0, 0.05) is 29.3 Å². The van der Waals surface area contributed by atoms with Crippen LogP contribution in [0.5, 0.6) is 0 Å². The number of rotatable bonds is 8. The van der Waals surface area contributed by atoms with Gasteiger partial charge < -0.3 is 15.2 Å². The fourth-order valence-electron chi connectivity index (χ4n) is 4.87. The first-order valence-corrected chi connectivity index (χ1v) is 12.6. The second-order valence-electron chi connectivity index (χ2n) is 9.26. The van der Waals surface area contributed by atoms with Crippen LogP contribution in [0.15, 0.2) is 71.9 Å². The van der Waals surface area contributed by atoms with E-state index in [1.54, 1.807) is 0 Å². The molecule has 1 unspecified atom stereocenters. The number of fused-ring (bicyclic) bond motifs is 2. The third-order valence-electron chi connectivity index (χ3n) is 6.58. The van der Waals surface area contributed by atoms with Crippen LogP contribution in [0.3, 0.4) is 0 Å². The van der Waals surface area contributed by atoms with E-state index < -0.39 is 0 Å². The maximum absolute atomic E-state index is 6.75. The van der Waals surface area contributed by atoms with Gasteiger partial charge in [0.15, 0.2) is 0 Å². The zero-order valence-corrected chi connectivity index (χ0v) is 21.3. The van der Waals surface area contributed by atoms with E-state index in [2.05, 4.69) is 89.1 Å². The third kappa shape index (κ3) is 4.85. The number of nitrogens with zero attached hydrogens (tertiary/aromatic N) is 2. The van der Waals surface area contributed by atoms with Gasteiger partial charge in [-0.1, -0.05) is 71.8 Å². The monoisotopic (exact) mass is 485 g/mol. The van der Waals surface area contributed by atoms with E-state index in [0.717, 1.165) is 59.1 Å². The number of halogens is 1. The largest absolute Gasteiger partial charge is 0.350 e. The average molecular weight is 486 g/mol. The smallest absolute Gasteiger partial charge is 0.137 e. The highest BCUT2D eigenvalue weighted by Gasteiger charge is 2.25. The number of benzene rings is 3. The van der Waals surface area contributed by atoms with Gasteiger partial charge in [-0.2, -0.15) is 0 Å². The van der Waals surface area contributed by atoms with E-state index in [4.69, 9.17) is 16.6 Å². The topological polar surface area (TPSA) is 53.4 Å². The van der Waals surface area contributed by atoms with E-state index >= 15 is 0 Å². The van der Waals surface area contributed by atoms with Crippen LogP contribution in [-0.2, 0) is 6.54 Å². The minimum Gasteiger partial charge on any atom is -0.350 e. The molecule has 1 aliphatic heterocycles. The Bertz CT molecular complexity index is 1390. The SMILES string of the molecule is CNCCCNC1NC(c2cn(Cc3cccc(C)c3)c3c(Cl)cccc23)=Nc2c(C)cccc21. The zero-order valence-electron chi connectivity index (χ0n) is 20.5. The van der Waals surface area contributed by atoms with Crippen LogP contribution in [0.4, 0.5) is 5.69 Å². The van der Waals surface area contributed by atoms with Crippen LogP contribution in [-0.4, -0.2) is 30.5 Å². The predicted molar refractivity (Wildman–Crippen MR) is 147 cm³/mol. The number of nitrogens with one attached hydrogen (secondary N) is 3. The van der Waals surface area contributed by atoms with Crippen molar-refractivity contribution in [2.75, 3.05) is 20.1 Å². The molecule has 1 aliphatic rings. The molecule has 0 saturated heterocycles. The summed E-state index contributed by atoms with van der Waals surface area (Å²) < 4.78 is 2.24. The number of hydrogen-bond donors (Lipinski definition) is 3. The van der Waals surface area contributed by atoms with Crippen molar-refractivity contribution in [2.45, 2.75) is 33.0 Å². The van der Waals surface area contributed by atoms with Crippen molar-refractivity contribution in [3.8, 4) is 0 Å². The Kier molecular flexibility index (Phi) is 6.91. The fraction of sp³-hybridized carbons (Fsp3) is 0.276. The number of aryl methyl sites for hydroxylation is 2. The lowest BCUT2D eigenvalue weighted by Gasteiger charge is -2.29. The molecule has 4 aromatic rings. The van der Waals surface area contributed by atoms with Gasteiger partial charge in [-0.3, -0.25) is 5.32 Å². The first-order valence-electron chi connectivity index (χ1n) is 12.2. The molecule has 0 bridgehead atoms. The minimum atomic E-state index is -0.0105. The summed E-state index contributed by atoms with van der Waals surface area (Å²) in [6.07, 6.45) is 3.23. The summed E-state index contributed by atoms with van der Waals surface area (Å²) in [5, 5.41) is 12.4. The maximum Gasteiger partial charge on any atom is 0.137 e. The molecular weight excluding hydrogens is 454 g/mol. The average Bonchev–Trinajstić information content (AvgIpc) is 3.21.